The maximum Gasteiger partial charge on any atom is 0.241 e. The lowest BCUT2D eigenvalue weighted by Crippen LogP contribution is -2.39. The summed E-state index contributed by atoms with van der Waals surface area (Å²) in [5.41, 5.74) is 10.6. The van der Waals surface area contributed by atoms with Crippen LogP contribution in [0.1, 0.15) is 6.42 Å². The van der Waals surface area contributed by atoms with Crippen molar-refractivity contribution in [2.24, 2.45) is 16.6 Å². The second-order valence-electron chi connectivity index (χ2n) is 3.84. The normalized spacial score (nSPS) is 12.7. The molecule has 0 heterocycles. The van der Waals surface area contributed by atoms with Crippen LogP contribution >= 0.6 is 0 Å². The molecule has 0 saturated heterocycles. The second kappa shape index (κ2) is 5.78. The van der Waals surface area contributed by atoms with Gasteiger partial charge < -0.3 is 16.8 Å². The smallest absolute Gasteiger partial charge is 0.241 e. The van der Waals surface area contributed by atoms with Crippen LogP contribution in [0.2, 0.25) is 0 Å². The van der Waals surface area contributed by atoms with Crippen molar-refractivity contribution in [2.75, 3.05) is 5.32 Å². The highest BCUT2D eigenvalue weighted by Crippen LogP contribution is 2.14. The molecule has 0 aromatic heterocycles. The minimum absolute atomic E-state index is 0.145. The van der Waals surface area contributed by atoms with Gasteiger partial charge >= 0.3 is 0 Å². The summed E-state index contributed by atoms with van der Waals surface area (Å²) < 4.78 is 22.3. The molecule has 1 unspecified atom stereocenters. The molecular weight excluding hydrogens is 272 g/mol. The van der Waals surface area contributed by atoms with E-state index in [1.165, 1.54) is 24.3 Å². The zero-order valence-corrected chi connectivity index (χ0v) is 10.7. The number of nitrogens with one attached hydrogen (secondary N) is 1. The maximum absolute atomic E-state index is 11.6. The van der Waals surface area contributed by atoms with E-state index in [2.05, 4.69) is 5.32 Å². The Morgan fingerprint density at radius 3 is 2.47 bits per heavy atom. The van der Waals surface area contributed by atoms with E-state index < -0.39 is 27.9 Å². The van der Waals surface area contributed by atoms with Crippen molar-refractivity contribution in [3.63, 3.8) is 0 Å². The Bertz CT molecular complexity index is 599. The Hall–Kier alpha value is -1.97. The van der Waals surface area contributed by atoms with Crippen LogP contribution in [-0.2, 0) is 19.6 Å². The molecule has 9 heteroatoms. The molecular formula is C10H14N4O4S. The number of carbonyl (C=O) groups is 2. The van der Waals surface area contributed by atoms with Crippen LogP contribution in [0.25, 0.3) is 0 Å². The number of nitrogens with two attached hydrogens (primary N) is 3. The van der Waals surface area contributed by atoms with Gasteiger partial charge in [0.25, 0.3) is 0 Å². The quantitative estimate of drug-likeness (QED) is 0.516. The predicted octanol–water partition coefficient (Wildman–Crippen LogP) is -1.52. The Balaban J connectivity index is 2.83. The summed E-state index contributed by atoms with van der Waals surface area (Å²) in [6.45, 7) is 0. The predicted molar refractivity (Wildman–Crippen MR) is 68.2 cm³/mol. The van der Waals surface area contributed by atoms with Crippen LogP contribution in [0.15, 0.2) is 29.2 Å². The number of hydrogen-bond acceptors (Lipinski definition) is 5. The van der Waals surface area contributed by atoms with E-state index >= 15 is 0 Å². The van der Waals surface area contributed by atoms with Gasteiger partial charge in [0.15, 0.2) is 0 Å². The molecule has 2 amide bonds. The Kier molecular flexibility index (Phi) is 4.59. The molecule has 0 aliphatic carbocycles. The van der Waals surface area contributed by atoms with Crippen LogP contribution < -0.4 is 21.9 Å². The standard InChI is InChI=1S/C10H14N4O4S/c11-8(5-9(12)15)10(16)14-6-2-1-3-7(4-6)19(13,17)18/h1-4,8H,5,11H2,(H2,12,15)(H,14,16)(H2,13,17,18). The first-order chi connectivity index (χ1) is 8.70. The second-order valence-corrected chi connectivity index (χ2v) is 5.40. The zero-order chi connectivity index (χ0) is 14.6. The highest BCUT2D eigenvalue weighted by molar-refractivity contribution is 7.89. The molecule has 19 heavy (non-hydrogen) atoms. The van der Waals surface area contributed by atoms with E-state index in [1.54, 1.807) is 0 Å². The van der Waals surface area contributed by atoms with Crippen molar-refractivity contribution < 1.29 is 18.0 Å². The third-order valence-corrected chi connectivity index (χ3v) is 3.10. The van der Waals surface area contributed by atoms with Crippen LogP contribution in [0.4, 0.5) is 5.69 Å². The van der Waals surface area contributed by atoms with E-state index in [1.807, 2.05) is 0 Å². The summed E-state index contributed by atoms with van der Waals surface area (Å²) in [6.07, 6.45) is -0.305. The number of rotatable bonds is 5. The van der Waals surface area contributed by atoms with E-state index in [0.29, 0.717) is 0 Å². The zero-order valence-electron chi connectivity index (χ0n) is 9.87. The van der Waals surface area contributed by atoms with Crippen LogP contribution in [-0.4, -0.2) is 26.3 Å². The number of amides is 2. The fraction of sp³-hybridized carbons (Fsp3) is 0.200. The van der Waals surface area contributed by atoms with Crippen molar-refractivity contribution in [1.82, 2.24) is 0 Å². The number of anilines is 1. The van der Waals surface area contributed by atoms with Gasteiger partial charge in [0.05, 0.1) is 17.4 Å². The van der Waals surface area contributed by atoms with Gasteiger partial charge in [-0.2, -0.15) is 0 Å². The number of benzene rings is 1. The van der Waals surface area contributed by atoms with Crippen LogP contribution in [0.3, 0.4) is 0 Å². The highest BCUT2D eigenvalue weighted by Gasteiger charge is 2.16. The lowest BCUT2D eigenvalue weighted by atomic mass is 10.2. The number of primary amides is 1. The minimum Gasteiger partial charge on any atom is -0.370 e. The molecule has 7 N–H and O–H groups in total. The van der Waals surface area contributed by atoms with Gasteiger partial charge in [0.1, 0.15) is 0 Å². The number of sulfonamides is 1. The lowest BCUT2D eigenvalue weighted by molar-refractivity contribution is -0.123. The van der Waals surface area contributed by atoms with Gasteiger partial charge in [-0.15, -0.1) is 0 Å². The average Bonchev–Trinajstić information content (AvgIpc) is 2.27. The lowest BCUT2D eigenvalue weighted by Gasteiger charge is -2.11. The summed E-state index contributed by atoms with van der Waals surface area (Å²) in [5, 5.41) is 7.32. The highest BCUT2D eigenvalue weighted by atomic mass is 32.2. The Morgan fingerprint density at radius 2 is 1.95 bits per heavy atom. The summed E-state index contributed by atoms with van der Waals surface area (Å²) in [4.78, 5) is 22.1. The van der Waals surface area contributed by atoms with Crippen molar-refractivity contribution in [3.05, 3.63) is 24.3 Å². The Morgan fingerprint density at radius 1 is 1.32 bits per heavy atom. The monoisotopic (exact) mass is 286 g/mol. The van der Waals surface area contributed by atoms with Gasteiger partial charge in [0, 0.05) is 5.69 Å². The summed E-state index contributed by atoms with van der Waals surface area (Å²) in [7, 11) is -3.86. The van der Waals surface area contributed by atoms with Gasteiger partial charge in [-0.05, 0) is 18.2 Å². The van der Waals surface area contributed by atoms with Crippen molar-refractivity contribution in [3.8, 4) is 0 Å². The molecule has 104 valence electrons. The van der Waals surface area contributed by atoms with Crippen molar-refractivity contribution >= 4 is 27.5 Å². The maximum atomic E-state index is 11.6. The molecule has 8 nitrogen and oxygen atoms in total. The first-order valence-electron chi connectivity index (χ1n) is 5.18. The van der Waals surface area contributed by atoms with Crippen LogP contribution in [0.5, 0.6) is 0 Å². The number of primary sulfonamides is 1. The van der Waals surface area contributed by atoms with E-state index in [9.17, 15) is 18.0 Å². The van der Waals surface area contributed by atoms with Gasteiger partial charge in [0.2, 0.25) is 21.8 Å². The molecule has 0 saturated carbocycles. The molecule has 0 bridgehead atoms. The molecule has 1 atom stereocenters. The minimum atomic E-state index is -3.86. The fourth-order valence-electron chi connectivity index (χ4n) is 1.30. The van der Waals surface area contributed by atoms with E-state index in [4.69, 9.17) is 16.6 Å². The largest absolute Gasteiger partial charge is 0.370 e. The third-order valence-electron chi connectivity index (χ3n) is 2.19. The molecule has 1 aromatic carbocycles. The van der Waals surface area contributed by atoms with Gasteiger partial charge in [-0.25, -0.2) is 13.6 Å². The molecule has 0 aliphatic rings. The molecule has 0 spiro atoms. The van der Waals surface area contributed by atoms with Gasteiger partial charge in [-0.3, -0.25) is 9.59 Å². The SMILES string of the molecule is NC(=O)CC(N)C(=O)Nc1cccc(S(N)(=O)=O)c1. The van der Waals surface area contributed by atoms with Crippen molar-refractivity contribution in [1.29, 1.82) is 0 Å². The summed E-state index contributed by atoms with van der Waals surface area (Å²) in [5.74, 6) is -1.36. The van der Waals surface area contributed by atoms with Crippen molar-refractivity contribution in [2.45, 2.75) is 17.4 Å². The average molecular weight is 286 g/mol. The summed E-state index contributed by atoms with van der Waals surface area (Å²) in [6, 6.07) is 4.24. The first kappa shape index (κ1) is 15.1. The number of carbonyl (C=O) groups excluding carboxylic acids is 2. The molecule has 0 fully saturated rings. The van der Waals surface area contributed by atoms with Gasteiger partial charge in [-0.1, -0.05) is 6.07 Å². The van der Waals surface area contributed by atoms with Crippen LogP contribution in [0, 0.1) is 0 Å². The third kappa shape index (κ3) is 4.66. The summed E-state index contributed by atoms with van der Waals surface area (Å²) >= 11 is 0. The molecule has 0 aliphatic heterocycles. The van der Waals surface area contributed by atoms with E-state index in [0.717, 1.165) is 0 Å². The topological polar surface area (TPSA) is 158 Å². The number of hydrogen-bond donors (Lipinski definition) is 4. The molecule has 1 rings (SSSR count). The molecule has 1 aromatic rings. The molecule has 0 radical (unpaired) electrons. The van der Waals surface area contributed by atoms with E-state index in [-0.39, 0.29) is 17.0 Å². The fourth-order valence-corrected chi connectivity index (χ4v) is 1.85. The Labute approximate surface area is 110 Å². The first-order valence-corrected chi connectivity index (χ1v) is 6.72.